The van der Waals surface area contributed by atoms with Crippen molar-refractivity contribution in [3.63, 3.8) is 0 Å². The Hall–Kier alpha value is -1.11. The van der Waals surface area contributed by atoms with Gasteiger partial charge < -0.3 is 0 Å². The Morgan fingerprint density at radius 2 is 1.31 bits per heavy atom. The Morgan fingerprint density at radius 1 is 0.769 bits per heavy atom. The van der Waals surface area contributed by atoms with E-state index < -0.39 is 0 Å². The number of hydrogen-bond donors (Lipinski definition) is 0. The molecule has 0 N–H and O–H groups in total. The second kappa shape index (κ2) is 6.41. The van der Waals surface area contributed by atoms with Gasteiger partial charge in [0.2, 0.25) is 0 Å². The summed E-state index contributed by atoms with van der Waals surface area (Å²) in [7, 11) is 0. The summed E-state index contributed by atoms with van der Waals surface area (Å²) in [6.45, 7) is 0. The van der Waals surface area contributed by atoms with E-state index in [0.29, 0.717) is 0 Å². The quantitative estimate of drug-likeness (QED) is 0.628. The minimum absolute atomic E-state index is 1.26. The van der Waals surface area contributed by atoms with Crippen LogP contribution in [-0.2, 0) is 0 Å². The molecule has 13 heavy (non-hydrogen) atoms. The van der Waals surface area contributed by atoms with Crippen LogP contribution in [0.3, 0.4) is 0 Å². The minimum atomic E-state index is 1.26. The molecular weight excluding hydrogens is 225 g/mol. The van der Waals surface area contributed by atoms with E-state index in [1.54, 1.807) is 12.4 Å². The average molecular weight is 236 g/mol. The summed E-state index contributed by atoms with van der Waals surface area (Å²) in [5.74, 6) is 0. The SMILES string of the molecule is [SeH]c1ccccc1.c1ccncc1. The largest absolute Gasteiger partial charge is 0.265 e. The van der Waals surface area contributed by atoms with Crippen LogP contribution < -0.4 is 4.46 Å². The summed E-state index contributed by atoms with van der Waals surface area (Å²) >= 11 is 2.49. The molecule has 2 heteroatoms. The number of hydrogen-bond acceptors (Lipinski definition) is 1. The number of pyridine rings is 1. The van der Waals surface area contributed by atoms with E-state index in [2.05, 4.69) is 33.1 Å². The third kappa shape index (κ3) is 5.18. The molecule has 1 heterocycles. The number of benzene rings is 1. The molecule has 0 amide bonds. The minimum Gasteiger partial charge on any atom is -0.265 e. The van der Waals surface area contributed by atoms with Crippen LogP contribution in [-0.4, -0.2) is 21.0 Å². The topological polar surface area (TPSA) is 12.9 Å². The van der Waals surface area contributed by atoms with Gasteiger partial charge in [0.1, 0.15) is 0 Å². The van der Waals surface area contributed by atoms with E-state index in [9.17, 15) is 0 Å². The molecule has 0 unspecified atom stereocenters. The van der Waals surface area contributed by atoms with Crippen molar-refractivity contribution in [3.05, 3.63) is 60.9 Å². The molecule has 0 aliphatic heterocycles. The Balaban J connectivity index is 0.000000132. The molecule has 2 rings (SSSR count). The van der Waals surface area contributed by atoms with Gasteiger partial charge >= 0.3 is 50.8 Å². The van der Waals surface area contributed by atoms with Crippen LogP contribution in [0.15, 0.2) is 60.9 Å². The van der Waals surface area contributed by atoms with Crippen molar-refractivity contribution in [3.8, 4) is 0 Å². The van der Waals surface area contributed by atoms with Crippen molar-refractivity contribution in [1.82, 2.24) is 4.98 Å². The van der Waals surface area contributed by atoms with Crippen LogP contribution in [0.2, 0.25) is 0 Å². The molecule has 0 radical (unpaired) electrons. The van der Waals surface area contributed by atoms with Gasteiger partial charge in [0.15, 0.2) is 0 Å². The second-order valence-electron chi connectivity index (χ2n) is 2.36. The van der Waals surface area contributed by atoms with Gasteiger partial charge in [0, 0.05) is 12.4 Å². The summed E-state index contributed by atoms with van der Waals surface area (Å²) in [4.78, 5) is 3.78. The molecular formula is C11H11NSe. The van der Waals surface area contributed by atoms with Crippen LogP contribution in [0.5, 0.6) is 0 Å². The summed E-state index contributed by atoms with van der Waals surface area (Å²) in [6, 6.07) is 15.9. The van der Waals surface area contributed by atoms with Gasteiger partial charge in [-0.2, -0.15) is 0 Å². The van der Waals surface area contributed by atoms with Crippen molar-refractivity contribution in [2.45, 2.75) is 0 Å². The predicted octanol–water partition coefficient (Wildman–Crippen LogP) is 1.29. The molecule has 1 aromatic carbocycles. The van der Waals surface area contributed by atoms with E-state index >= 15 is 0 Å². The molecule has 0 saturated heterocycles. The predicted molar refractivity (Wildman–Crippen MR) is 57.5 cm³/mol. The van der Waals surface area contributed by atoms with Gasteiger partial charge in [-0.05, 0) is 12.1 Å². The molecule has 0 atom stereocenters. The van der Waals surface area contributed by atoms with Gasteiger partial charge in [-0.1, -0.05) is 6.07 Å². The van der Waals surface area contributed by atoms with Gasteiger partial charge in [-0.25, -0.2) is 0 Å². The van der Waals surface area contributed by atoms with E-state index in [0.717, 1.165) is 0 Å². The first-order valence-corrected chi connectivity index (χ1v) is 4.92. The summed E-state index contributed by atoms with van der Waals surface area (Å²) in [5.41, 5.74) is 0. The van der Waals surface area contributed by atoms with Crippen LogP contribution >= 0.6 is 0 Å². The second-order valence-corrected chi connectivity index (χ2v) is 3.44. The maximum Gasteiger partial charge on any atom is 0.0267 e. The molecule has 66 valence electrons. The molecule has 0 spiro atoms. The zero-order valence-electron chi connectivity index (χ0n) is 7.17. The molecule has 2 aromatic rings. The smallest absolute Gasteiger partial charge is 0.0267 e. The van der Waals surface area contributed by atoms with Gasteiger partial charge in [0.25, 0.3) is 0 Å². The standard InChI is InChI=1S/C6H6Se.C5H5N/c7-6-4-2-1-3-5-6;1-2-4-6-5-3-1/h1-5,7H;1-5H. The van der Waals surface area contributed by atoms with Crippen molar-refractivity contribution >= 4 is 20.5 Å². The normalized spacial score (nSPS) is 8.38. The molecule has 1 nitrogen and oxygen atoms in total. The fraction of sp³-hybridized carbons (Fsp3) is 0. The molecule has 0 aliphatic carbocycles. The van der Waals surface area contributed by atoms with Crippen LogP contribution in [0, 0.1) is 0 Å². The molecule has 0 saturated carbocycles. The van der Waals surface area contributed by atoms with Crippen molar-refractivity contribution in [2.24, 2.45) is 0 Å². The van der Waals surface area contributed by atoms with Crippen molar-refractivity contribution in [2.75, 3.05) is 0 Å². The number of aromatic nitrogens is 1. The first kappa shape index (κ1) is 9.97. The van der Waals surface area contributed by atoms with Gasteiger partial charge in [-0.15, -0.1) is 0 Å². The van der Waals surface area contributed by atoms with E-state index in [4.69, 9.17) is 0 Å². The zero-order chi connectivity index (χ0) is 9.36. The third-order valence-corrected chi connectivity index (χ3v) is 1.95. The number of rotatable bonds is 0. The Labute approximate surface area is 86.6 Å². The monoisotopic (exact) mass is 237 g/mol. The fourth-order valence-corrected chi connectivity index (χ4v) is 1.10. The fourth-order valence-electron chi connectivity index (χ4n) is 0.741. The molecule has 0 fully saturated rings. The Bertz CT molecular complexity index is 281. The average Bonchev–Trinajstić information content (AvgIpc) is 2.22. The summed E-state index contributed by atoms with van der Waals surface area (Å²) in [5, 5.41) is 0. The third-order valence-electron chi connectivity index (χ3n) is 1.32. The van der Waals surface area contributed by atoms with Crippen LogP contribution in [0.1, 0.15) is 0 Å². The van der Waals surface area contributed by atoms with Crippen LogP contribution in [0.25, 0.3) is 0 Å². The van der Waals surface area contributed by atoms with E-state index in [1.165, 1.54) is 4.46 Å². The van der Waals surface area contributed by atoms with Gasteiger partial charge in [0.05, 0.1) is 0 Å². The Kier molecular flexibility index (Phi) is 4.92. The number of nitrogens with zero attached hydrogens (tertiary/aromatic N) is 1. The first-order chi connectivity index (χ1) is 6.39. The van der Waals surface area contributed by atoms with E-state index in [1.807, 2.05) is 36.4 Å². The van der Waals surface area contributed by atoms with Crippen molar-refractivity contribution in [1.29, 1.82) is 0 Å². The zero-order valence-corrected chi connectivity index (χ0v) is 9.04. The Morgan fingerprint density at radius 3 is 1.54 bits per heavy atom. The first-order valence-electron chi connectivity index (χ1n) is 3.98. The maximum absolute atomic E-state index is 3.78. The summed E-state index contributed by atoms with van der Waals surface area (Å²) < 4.78 is 1.26. The van der Waals surface area contributed by atoms with E-state index in [-0.39, 0.29) is 0 Å². The van der Waals surface area contributed by atoms with Gasteiger partial charge in [-0.3, -0.25) is 4.98 Å². The molecule has 0 bridgehead atoms. The molecule has 1 aromatic heterocycles. The van der Waals surface area contributed by atoms with Crippen LogP contribution in [0.4, 0.5) is 0 Å². The summed E-state index contributed by atoms with van der Waals surface area (Å²) in [6.07, 6.45) is 3.50. The molecule has 0 aliphatic rings. The van der Waals surface area contributed by atoms with Crippen molar-refractivity contribution < 1.29 is 0 Å². The maximum atomic E-state index is 3.78.